The van der Waals surface area contributed by atoms with E-state index in [4.69, 9.17) is 9.97 Å². The normalized spacial score (nSPS) is 14.4. The van der Waals surface area contributed by atoms with Gasteiger partial charge in [-0.05, 0) is 87.3 Å². The predicted molar refractivity (Wildman–Crippen MR) is 195 cm³/mol. The summed E-state index contributed by atoms with van der Waals surface area (Å²) in [4.78, 5) is 10.4. The summed E-state index contributed by atoms with van der Waals surface area (Å²) in [6.07, 6.45) is 5.99. The molecular formula is C45H33N3. The molecule has 0 bridgehead atoms. The van der Waals surface area contributed by atoms with Gasteiger partial charge >= 0.3 is 0 Å². The Morgan fingerprint density at radius 1 is 0.479 bits per heavy atom. The molecule has 1 saturated carbocycles. The fraction of sp³-hybridized carbons (Fsp3) is 0.133. The van der Waals surface area contributed by atoms with Crippen molar-refractivity contribution >= 4 is 10.8 Å². The smallest absolute Gasteiger partial charge is 0.160 e. The van der Waals surface area contributed by atoms with Crippen LogP contribution in [0, 0.1) is 11.3 Å². The molecule has 6 aromatic carbocycles. The molecule has 0 unspecified atom stereocenters. The number of hydrogen-bond donors (Lipinski definition) is 0. The van der Waals surface area contributed by atoms with E-state index in [9.17, 15) is 5.26 Å². The Morgan fingerprint density at radius 2 is 1.21 bits per heavy atom. The molecule has 1 aromatic heterocycles. The van der Waals surface area contributed by atoms with E-state index in [1.165, 1.54) is 57.9 Å². The molecule has 0 radical (unpaired) electrons. The molecule has 3 heteroatoms. The zero-order chi connectivity index (χ0) is 32.1. The summed E-state index contributed by atoms with van der Waals surface area (Å²) in [5.41, 5.74) is 13.3. The van der Waals surface area contributed by atoms with Crippen LogP contribution in [0.15, 0.2) is 140 Å². The van der Waals surface area contributed by atoms with Gasteiger partial charge in [-0.25, -0.2) is 9.97 Å². The second kappa shape index (κ2) is 11.4. The number of rotatable bonds is 4. The molecule has 0 aliphatic heterocycles. The molecule has 0 atom stereocenters. The van der Waals surface area contributed by atoms with Gasteiger partial charge in [0.1, 0.15) is 0 Å². The van der Waals surface area contributed by atoms with Crippen LogP contribution in [-0.4, -0.2) is 9.97 Å². The minimum absolute atomic E-state index is 0.000177. The summed E-state index contributed by atoms with van der Waals surface area (Å²) in [5, 5.41) is 12.1. The first-order chi connectivity index (χ1) is 23.7. The average molecular weight is 616 g/mol. The Labute approximate surface area is 281 Å². The van der Waals surface area contributed by atoms with Crippen molar-refractivity contribution in [3.8, 4) is 62.2 Å². The Balaban J connectivity index is 1.21. The van der Waals surface area contributed by atoms with Crippen molar-refractivity contribution in [2.24, 2.45) is 0 Å². The lowest BCUT2D eigenvalue weighted by Crippen LogP contribution is -2.28. The first-order valence-electron chi connectivity index (χ1n) is 16.9. The highest BCUT2D eigenvalue weighted by molar-refractivity contribution is 5.90. The van der Waals surface area contributed by atoms with Crippen molar-refractivity contribution in [3.63, 3.8) is 0 Å². The maximum absolute atomic E-state index is 9.77. The summed E-state index contributed by atoms with van der Waals surface area (Å²) in [6, 6.07) is 51.7. The maximum atomic E-state index is 9.77. The highest BCUT2D eigenvalue weighted by Gasteiger charge is 2.44. The zero-order valence-electron chi connectivity index (χ0n) is 26.7. The quantitative estimate of drug-likeness (QED) is 0.198. The van der Waals surface area contributed by atoms with E-state index in [-0.39, 0.29) is 5.41 Å². The zero-order valence-corrected chi connectivity index (χ0v) is 26.7. The van der Waals surface area contributed by atoms with Crippen molar-refractivity contribution < 1.29 is 0 Å². The van der Waals surface area contributed by atoms with Crippen molar-refractivity contribution in [1.82, 2.24) is 9.97 Å². The van der Waals surface area contributed by atoms with Crippen LogP contribution in [0.25, 0.3) is 66.9 Å². The molecule has 2 aliphatic carbocycles. The van der Waals surface area contributed by atoms with E-state index in [2.05, 4.69) is 133 Å². The highest BCUT2D eigenvalue weighted by atomic mass is 14.9. The minimum Gasteiger partial charge on any atom is -0.228 e. The number of fused-ring (bicyclic) bond motifs is 6. The van der Waals surface area contributed by atoms with Crippen LogP contribution in [0.5, 0.6) is 0 Å². The molecule has 1 heterocycles. The van der Waals surface area contributed by atoms with Crippen LogP contribution in [0.1, 0.15) is 48.8 Å². The van der Waals surface area contributed by atoms with Gasteiger partial charge in [-0.1, -0.05) is 128 Å². The Hall–Kier alpha value is -5.85. The van der Waals surface area contributed by atoms with Crippen LogP contribution in [0.2, 0.25) is 0 Å². The Kier molecular flexibility index (Phi) is 6.76. The monoisotopic (exact) mass is 615 g/mol. The second-order valence-corrected chi connectivity index (χ2v) is 13.2. The summed E-state index contributed by atoms with van der Waals surface area (Å²) in [6.45, 7) is 0. The van der Waals surface area contributed by atoms with Gasteiger partial charge in [-0.3, -0.25) is 0 Å². The molecular weight excluding hydrogens is 583 g/mol. The van der Waals surface area contributed by atoms with E-state index in [0.717, 1.165) is 52.0 Å². The molecule has 0 N–H and O–H groups in total. The Bertz CT molecular complexity index is 2390. The Morgan fingerprint density at radius 3 is 2.04 bits per heavy atom. The third kappa shape index (κ3) is 4.64. The largest absolute Gasteiger partial charge is 0.228 e. The molecule has 7 aromatic rings. The van der Waals surface area contributed by atoms with Gasteiger partial charge in [0.2, 0.25) is 0 Å². The molecule has 48 heavy (non-hydrogen) atoms. The van der Waals surface area contributed by atoms with Crippen LogP contribution >= 0.6 is 0 Å². The third-order valence-corrected chi connectivity index (χ3v) is 10.5. The minimum atomic E-state index is -0.000177. The lowest BCUT2D eigenvalue weighted by Gasteiger charge is -2.36. The number of hydrogen-bond acceptors (Lipinski definition) is 3. The van der Waals surface area contributed by atoms with Crippen LogP contribution in [0.3, 0.4) is 0 Å². The molecule has 1 spiro atoms. The summed E-state index contributed by atoms with van der Waals surface area (Å²) in [5.74, 6) is 0.710. The fourth-order valence-corrected chi connectivity index (χ4v) is 8.19. The average Bonchev–Trinajstić information content (AvgIpc) is 3.42. The number of benzene rings is 6. The maximum Gasteiger partial charge on any atom is 0.160 e. The van der Waals surface area contributed by atoms with Gasteiger partial charge < -0.3 is 0 Å². The first-order valence-corrected chi connectivity index (χ1v) is 16.9. The molecule has 0 amide bonds. The molecule has 3 nitrogen and oxygen atoms in total. The molecule has 228 valence electrons. The van der Waals surface area contributed by atoms with Crippen molar-refractivity contribution in [1.29, 1.82) is 5.26 Å². The van der Waals surface area contributed by atoms with Crippen molar-refractivity contribution in [2.45, 2.75) is 37.5 Å². The van der Waals surface area contributed by atoms with Gasteiger partial charge in [0.05, 0.1) is 23.0 Å². The summed E-state index contributed by atoms with van der Waals surface area (Å²) in [7, 11) is 0. The van der Waals surface area contributed by atoms with Gasteiger partial charge in [0.25, 0.3) is 0 Å². The van der Waals surface area contributed by atoms with Gasteiger partial charge in [-0.15, -0.1) is 0 Å². The predicted octanol–water partition coefficient (Wildman–Crippen LogP) is 11.4. The molecule has 2 aliphatic rings. The first kappa shape index (κ1) is 28.4. The van der Waals surface area contributed by atoms with E-state index < -0.39 is 0 Å². The van der Waals surface area contributed by atoms with Crippen LogP contribution in [-0.2, 0) is 5.41 Å². The number of aromatic nitrogens is 2. The van der Waals surface area contributed by atoms with E-state index in [1.54, 1.807) is 0 Å². The summed E-state index contributed by atoms with van der Waals surface area (Å²) >= 11 is 0. The number of nitriles is 1. The van der Waals surface area contributed by atoms with E-state index in [0.29, 0.717) is 5.82 Å². The van der Waals surface area contributed by atoms with Crippen molar-refractivity contribution in [2.75, 3.05) is 0 Å². The fourth-order valence-electron chi connectivity index (χ4n) is 8.19. The van der Waals surface area contributed by atoms with Crippen LogP contribution in [0.4, 0.5) is 0 Å². The topological polar surface area (TPSA) is 49.6 Å². The molecule has 0 saturated heterocycles. The van der Waals surface area contributed by atoms with Gasteiger partial charge in [-0.2, -0.15) is 5.26 Å². The lowest BCUT2D eigenvalue weighted by molar-refractivity contribution is 0.353. The molecule has 1 fully saturated rings. The van der Waals surface area contributed by atoms with E-state index >= 15 is 0 Å². The molecule has 9 rings (SSSR count). The SMILES string of the molecule is N#Cc1ccc2c(c1)C1(CCCCC1)c1ccc(-c3ccccc3-c3cc(-c4ccccc4)nc(-c4ccc5ccccc5c4)n3)cc1-2. The third-order valence-electron chi connectivity index (χ3n) is 10.5. The van der Waals surface area contributed by atoms with Gasteiger partial charge in [0, 0.05) is 22.1 Å². The van der Waals surface area contributed by atoms with E-state index in [1.807, 2.05) is 12.1 Å². The van der Waals surface area contributed by atoms with Crippen molar-refractivity contribution in [3.05, 3.63) is 156 Å². The lowest BCUT2D eigenvalue weighted by atomic mass is 9.67. The standard InChI is InChI=1S/C45H33N3/c46-29-30-17-21-37-39-27-34(20-22-40(39)45(41(37)25-30)23-9-2-10-24-45)36-15-7-8-16-38(36)43-28-42(32-12-3-1-4-13-32)47-44(48-43)35-19-18-31-11-5-6-14-33(31)26-35/h1,3-8,11-22,25-28H,2,9-10,23-24H2. The highest BCUT2D eigenvalue weighted by Crippen LogP contribution is 2.56. The van der Waals surface area contributed by atoms with Gasteiger partial charge in [0.15, 0.2) is 5.82 Å². The number of nitrogens with zero attached hydrogens (tertiary/aromatic N) is 3. The second-order valence-electron chi connectivity index (χ2n) is 13.2. The summed E-state index contributed by atoms with van der Waals surface area (Å²) < 4.78 is 0. The van der Waals surface area contributed by atoms with Crippen LogP contribution < -0.4 is 0 Å².